The van der Waals surface area contributed by atoms with Gasteiger partial charge in [0.05, 0.1) is 17.8 Å². The first-order chi connectivity index (χ1) is 9.24. The highest BCUT2D eigenvalue weighted by atomic mass is 79.9. The minimum Gasteiger partial charge on any atom is -0.480 e. The Morgan fingerprint density at radius 2 is 2.21 bits per heavy atom. The molecule has 1 fully saturated rings. The summed E-state index contributed by atoms with van der Waals surface area (Å²) < 4.78 is 6.02. The van der Waals surface area contributed by atoms with Gasteiger partial charge in [0.1, 0.15) is 0 Å². The molecule has 0 radical (unpaired) electrons. The molecular weight excluding hydrogens is 308 g/mol. The first kappa shape index (κ1) is 14.5. The summed E-state index contributed by atoms with van der Waals surface area (Å²) in [6.45, 7) is 6.30. The molecule has 0 aliphatic carbocycles. The van der Waals surface area contributed by atoms with E-state index in [4.69, 9.17) is 4.74 Å². The summed E-state index contributed by atoms with van der Waals surface area (Å²) in [5.74, 6) is 2.06. The Bertz CT molecular complexity index is 410. The Labute approximate surface area is 122 Å². The van der Waals surface area contributed by atoms with Crippen LogP contribution in [-0.2, 0) is 0 Å². The summed E-state index contributed by atoms with van der Waals surface area (Å²) in [6.07, 6.45) is 4.21. The highest BCUT2D eigenvalue weighted by Gasteiger charge is 2.18. The van der Waals surface area contributed by atoms with Crippen molar-refractivity contribution in [2.75, 3.05) is 38.2 Å². The average Bonchev–Trinajstić information content (AvgIpc) is 2.46. The van der Waals surface area contributed by atoms with Crippen molar-refractivity contribution in [2.45, 2.75) is 19.8 Å². The maximum Gasteiger partial charge on any atom is 0.232 e. The van der Waals surface area contributed by atoms with E-state index in [-0.39, 0.29) is 0 Å². The molecule has 0 bridgehead atoms. The summed E-state index contributed by atoms with van der Waals surface area (Å²) in [7, 11) is 1.62. The minimum atomic E-state index is 0.591. The van der Waals surface area contributed by atoms with Crippen LogP contribution in [0.15, 0.2) is 10.7 Å². The zero-order valence-corrected chi connectivity index (χ0v) is 13.1. The number of methoxy groups -OCH3 is 1. The predicted molar refractivity (Wildman–Crippen MR) is 79.8 cm³/mol. The molecule has 2 heterocycles. The smallest absolute Gasteiger partial charge is 0.232 e. The van der Waals surface area contributed by atoms with Crippen molar-refractivity contribution in [3.63, 3.8) is 0 Å². The molecule has 0 amide bonds. The summed E-state index contributed by atoms with van der Waals surface area (Å²) in [4.78, 5) is 11.1. The van der Waals surface area contributed by atoms with Gasteiger partial charge in [0, 0.05) is 13.1 Å². The second-order valence-electron chi connectivity index (χ2n) is 4.76. The predicted octanol–water partition coefficient (Wildman–Crippen LogP) is 2.07. The van der Waals surface area contributed by atoms with Gasteiger partial charge >= 0.3 is 0 Å². The van der Waals surface area contributed by atoms with Gasteiger partial charge in [0.2, 0.25) is 11.8 Å². The van der Waals surface area contributed by atoms with Crippen LogP contribution in [0.25, 0.3) is 0 Å². The van der Waals surface area contributed by atoms with Crippen LogP contribution >= 0.6 is 15.9 Å². The van der Waals surface area contributed by atoms with Gasteiger partial charge in [0.15, 0.2) is 0 Å². The molecule has 1 saturated heterocycles. The Balaban J connectivity index is 2.07. The van der Waals surface area contributed by atoms with Crippen molar-refractivity contribution in [3.05, 3.63) is 10.7 Å². The minimum absolute atomic E-state index is 0.591. The molecule has 19 heavy (non-hydrogen) atoms. The molecule has 6 heteroatoms. The van der Waals surface area contributed by atoms with Crippen molar-refractivity contribution in [2.24, 2.45) is 5.92 Å². The van der Waals surface area contributed by atoms with Gasteiger partial charge in [-0.3, -0.25) is 0 Å². The van der Waals surface area contributed by atoms with E-state index in [1.54, 1.807) is 13.3 Å². The van der Waals surface area contributed by atoms with Crippen LogP contribution < -0.4 is 15.0 Å². The number of halogens is 1. The molecule has 0 unspecified atom stereocenters. The number of hydrogen-bond acceptors (Lipinski definition) is 5. The summed E-state index contributed by atoms with van der Waals surface area (Å²) in [5.41, 5.74) is 0. The fraction of sp³-hybridized carbons (Fsp3) is 0.692. The van der Waals surface area contributed by atoms with Gasteiger partial charge in [-0.1, -0.05) is 0 Å². The largest absolute Gasteiger partial charge is 0.480 e. The standard InChI is InChI=1S/C13H21BrN4O/c1-3-18(9-10-4-6-15-7-5-10)13-16-8-11(14)12(17-13)19-2/h8,10,15H,3-7,9H2,1-2H3. The second-order valence-corrected chi connectivity index (χ2v) is 5.61. The third-order valence-corrected chi connectivity index (χ3v) is 4.04. The lowest BCUT2D eigenvalue weighted by Crippen LogP contribution is -2.36. The van der Waals surface area contributed by atoms with Gasteiger partial charge in [0.25, 0.3) is 0 Å². The number of aromatic nitrogens is 2. The van der Waals surface area contributed by atoms with Crippen LogP contribution in [-0.4, -0.2) is 43.3 Å². The van der Waals surface area contributed by atoms with Crippen molar-refractivity contribution >= 4 is 21.9 Å². The monoisotopic (exact) mass is 328 g/mol. The number of nitrogens with one attached hydrogen (secondary N) is 1. The van der Waals surface area contributed by atoms with E-state index in [0.717, 1.165) is 42.5 Å². The van der Waals surface area contributed by atoms with Gasteiger partial charge in [-0.2, -0.15) is 4.98 Å². The van der Waals surface area contributed by atoms with Gasteiger partial charge < -0.3 is 15.0 Å². The van der Waals surface area contributed by atoms with E-state index in [0.29, 0.717) is 5.88 Å². The maximum absolute atomic E-state index is 5.24. The van der Waals surface area contributed by atoms with Crippen LogP contribution in [0.1, 0.15) is 19.8 Å². The highest BCUT2D eigenvalue weighted by molar-refractivity contribution is 9.10. The summed E-state index contributed by atoms with van der Waals surface area (Å²) in [5, 5.41) is 3.40. The lowest BCUT2D eigenvalue weighted by molar-refractivity contribution is 0.370. The molecule has 5 nitrogen and oxygen atoms in total. The number of rotatable bonds is 5. The molecule has 0 aromatic carbocycles. The van der Waals surface area contributed by atoms with Crippen molar-refractivity contribution in [3.8, 4) is 5.88 Å². The average molecular weight is 329 g/mol. The van der Waals surface area contributed by atoms with E-state index in [2.05, 4.69) is 43.0 Å². The highest BCUT2D eigenvalue weighted by Crippen LogP contribution is 2.24. The molecule has 2 rings (SSSR count). The third kappa shape index (κ3) is 3.79. The topological polar surface area (TPSA) is 50.3 Å². The van der Waals surface area contributed by atoms with Crippen LogP contribution in [0.4, 0.5) is 5.95 Å². The number of anilines is 1. The van der Waals surface area contributed by atoms with Crippen molar-refractivity contribution in [1.82, 2.24) is 15.3 Å². The third-order valence-electron chi connectivity index (χ3n) is 3.49. The second kappa shape index (κ2) is 7.05. The summed E-state index contributed by atoms with van der Waals surface area (Å²) in [6, 6.07) is 0. The zero-order chi connectivity index (χ0) is 13.7. The van der Waals surface area contributed by atoms with E-state index < -0.39 is 0 Å². The number of ether oxygens (including phenoxy) is 1. The molecule has 0 saturated carbocycles. The summed E-state index contributed by atoms with van der Waals surface area (Å²) >= 11 is 3.38. The lowest BCUT2D eigenvalue weighted by atomic mass is 9.98. The van der Waals surface area contributed by atoms with Crippen LogP contribution in [0.5, 0.6) is 5.88 Å². The quantitative estimate of drug-likeness (QED) is 0.896. The first-order valence-corrected chi connectivity index (χ1v) is 7.56. The molecule has 106 valence electrons. The molecule has 0 spiro atoms. The normalized spacial score (nSPS) is 16.4. The van der Waals surface area contributed by atoms with Crippen LogP contribution in [0.3, 0.4) is 0 Å². The Morgan fingerprint density at radius 3 is 2.84 bits per heavy atom. The molecule has 1 aliphatic rings. The van der Waals surface area contributed by atoms with Crippen LogP contribution in [0.2, 0.25) is 0 Å². The maximum atomic E-state index is 5.24. The van der Waals surface area contributed by atoms with E-state index in [1.165, 1.54) is 12.8 Å². The SMILES string of the molecule is CCN(CC1CCNCC1)c1ncc(Br)c(OC)n1. The molecule has 1 aliphatic heterocycles. The van der Waals surface area contributed by atoms with Gasteiger partial charge in [-0.15, -0.1) is 0 Å². The number of nitrogens with zero attached hydrogens (tertiary/aromatic N) is 3. The molecule has 0 atom stereocenters. The van der Waals surface area contributed by atoms with E-state index >= 15 is 0 Å². The molecule has 1 aromatic heterocycles. The van der Waals surface area contributed by atoms with Crippen molar-refractivity contribution in [1.29, 1.82) is 0 Å². The molecule has 1 N–H and O–H groups in total. The Kier molecular flexibility index (Phi) is 5.39. The molecular formula is C13H21BrN4O. The Hall–Kier alpha value is -0.880. The lowest BCUT2D eigenvalue weighted by Gasteiger charge is -2.29. The Morgan fingerprint density at radius 1 is 1.47 bits per heavy atom. The molecule has 1 aromatic rings. The fourth-order valence-corrected chi connectivity index (χ4v) is 2.72. The number of piperidine rings is 1. The van der Waals surface area contributed by atoms with Crippen molar-refractivity contribution < 1.29 is 4.74 Å². The zero-order valence-electron chi connectivity index (χ0n) is 11.5. The van der Waals surface area contributed by atoms with E-state index in [1.807, 2.05) is 0 Å². The van der Waals surface area contributed by atoms with Crippen LogP contribution in [0, 0.1) is 5.92 Å². The fourth-order valence-electron chi connectivity index (χ4n) is 2.37. The number of hydrogen-bond donors (Lipinski definition) is 1. The van der Waals surface area contributed by atoms with Gasteiger partial charge in [-0.25, -0.2) is 4.98 Å². The van der Waals surface area contributed by atoms with E-state index in [9.17, 15) is 0 Å². The first-order valence-electron chi connectivity index (χ1n) is 6.76. The van der Waals surface area contributed by atoms with Gasteiger partial charge in [-0.05, 0) is 54.7 Å².